The third-order valence-corrected chi connectivity index (χ3v) is 1.73. The number of Topliss-reactive ketones (excluding diaryl/α,β-unsaturated/α-hetero) is 1. The van der Waals surface area contributed by atoms with Crippen molar-refractivity contribution in [3.05, 3.63) is 29.8 Å². The fraction of sp³-hybridized carbons (Fsp3) is 0.364. The van der Waals surface area contributed by atoms with Crippen LogP contribution in [0.3, 0.4) is 0 Å². The zero-order chi connectivity index (χ0) is 9.68. The molecule has 0 heterocycles. The molecule has 0 aromatic heterocycles. The SMILES string of the molecule is CCCOc1ccccc1C(C)=O.[LiH]. The summed E-state index contributed by atoms with van der Waals surface area (Å²) in [5.41, 5.74) is 0.663. The molecule has 1 aromatic rings. The molecule has 2 nitrogen and oxygen atoms in total. The van der Waals surface area contributed by atoms with E-state index in [2.05, 4.69) is 0 Å². The van der Waals surface area contributed by atoms with Crippen LogP contribution >= 0.6 is 0 Å². The van der Waals surface area contributed by atoms with Crippen molar-refractivity contribution >= 4 is 24.6 Å². The molecule has 0 fully saturated rings. The first-order chi connectivity index (χ1) is 6.25. The average molecular weight is 186 g/mol. The van der Waals surface area contributed by atoms with E-state index in [1.807, 2.05) is 25.1 Å². The zero-order valence-corrected chi connectivity index (χ0v) is 8.04. The van der Waals surface area contributed by atoms with Crippen LogP contribution in [0.4, 0.5) is 0 Å². The van der Waals surface area contributed by atoms with Gasteiger partial charge in [-0.1, -0.05) is 19.1 Å². The van der Waals surface area contributed by atoms with Crippen LogP contribution in [0.5, 0.6) is 5.75 Å². The monoisotopic (exact) mass is 186 g/mol. The summed E-state index contributed by atoms with van der Waals surface area (Å²) < 4.78 is 5.43. The van der Waals surface area contributed by atoms with E-state index in [0.29, 0.717) is 17.9 Å². The minimum atomic E-state index is 0. The molecule has 72 valence electrons. The summed E-state index contributed by atoms with van der Waals surface area (Å²) >= 11 is 0. The van der Waals surface area contributed by atoms with Gasteiger partial charge in [0.05, 0.1) is 12.2 Å². The van der Waals surface area contributed by atoms with Gasteiger partial charge >= 0.3 is 18.9 Å². The quantitative estimate of drug-likeness (QED) is 0.531. The fourth-order valence-corrected chi connectivity index (χ4v) is 1.10. The summed E-state index contributed by atoms with van der Waals surface area (Å²) in [6.07, 6.45) is 0.951. The van der Waals surface area contributed by atoms with Crippen molar-refractivity contribution in [2.75, 3.05) is 6.61 Å². The Morgan fingerprint density at radius 2 is 2.00 bits per heavy atom. The van der Waals surface area contributed by atoms with Crippen molar-refractivity contribution in [3.8, 4) is 5.75 Å². The molecule has 0 saturated heterocycles. The van der Waals surface area contributed by atoms with E-state index in [1.54, 1.807) is 13.0 Å². The van der Waals surface area contributed by atoms with Gasteiger partial charge in [-0.2, -0.15) is 0 Å². The molecule has 0 spiro atoms. The maximum atomic E-state index is 11.1. The summed E-state index contributed by atoms with van der Waals surface area (Å²) in [4.78, 5) is 11.1. The molecule has 0 saturated carbocycles. The normalized spacial score (nSPS) is 9.00. The van der Waals surface area contributed by atoms with Crippen molar-refractivity contribution in [1.82, 2.24) is 0 Å². The van der Waals surface area contributed by atoms with Crippen molar-refractivity contribution in [2.45, 2.75) is 20.3 Å². The molecule has 0 atom stereocenters. The van der Waals surface area contributed by atoms with E-state index in [-0.39, 0.29) is 24.6 Å². The molecule has 0 unspecified atom stereocenters. The van der Waals surface area contributed by atoms with Gasteiger partial charge < -0.3 is 4.74 Å². The third kappa shape index (κ3) is 3.57. The Kier molecular flexibility index (Phi) is 6.36. The van der Waals surface area contributed by atoms with E-state index < -0.39 is 0 Å². The average Bonchev–Trinajstić information content (AvgIpc) is 2.15. The zero-order valence-electron chi connectivity index (χ0n) is 8.04. The Balaban J connectivity index is 0.00000169. The van der Waals surface area contributed by atoms with Gasteiger partial charge in [-0.3, -0.25) is 4.79 Å². The van der Waals surface area contributed by atoms with Gasteiger partial charge in [0.1, 0.15) is 5.75 Å². The molecule has 1 rings (SSSR count). The molecular formula is C11H15LiO2. The van der Waals surface area contributed by atoms with Crippen LogP contribution < -0.4 is 4.74 Å². The number of para-hydroxylation sites is 1. The number of ketones is 1. The summed E-state index contributed by atoms with van der Waals surface area (Å²) in [5.74, 6) is 0.739. The van der Waals surface area contributed by atoms with Crippen LogP contribution in [0.1, 0.15) is 30.6 Å². The molecule has 0 aliphatic heterocycles. The second kappa shape index (κ2) is 6.70. The standard InChI is InChI=1S/C11H14O2.Li.H/c1-3-8-13-11-7-5-4-6-10(11)9(2)12;;/h4-7H,3,8H2,1-2H3;;. The first-order valence-corrected chi connectivity index (χ1v) is 4.48. The minimum absolute atomic E-state index is 0. The molecular weight excluding hydrogens is 171 g/mol. The Morgan fingerprint density at radius 1 is 1.36 bits per heavy atom. The van der Waals surface area contributed by atoms with E-state index in [1.165, 1.54) is 0 Å². The molecule has 0 N–H and O–H groups in total. The fourth-order valence-electron chi connectivity index (χ4n) is 1.10. The Morgan fingerprint density at radius 3 is 2.57 bits per heavy atom. The first kappa shape index (κ1) is 13.3. The topological polar surface area (TPSA) is 26.3 Å². The number of ether oxygens (including phenoxy) is 1. The van der Waals surface area contributed by atoms with Crippen LogP contribution in [0.25, 0.3) is 0 Å². The van der Waals surface area contributed by atoms with Crippen LogP contribution in [0, 0.1) is 0 Å². The van der Waals surface area contributed by atoms with Gasteiger partial charge in [0, 0.05) is 0 Å². The molecule has 0 aliphatic rings. The van der Waals surface area contributed by atoms with Crippen LogP contribution in [0.15, 0.2) is 24.3 Å². The maximum absolute atomic E-state index is 11.1. The van der Waals surface area contributed by atoms with E-state index in [4.69, 9.17) is 4.74 Å². The number of carbonyl (C=O) groups is 1. The van der Waals surface area contributed by atoms with Crippen molar-refractivity contribution in [2.24, 2.45) is 0 Å². The van der Waals surface area contributed by atoms with E-state index in [9.17, 15) is 4.79 Å². The summed E-state index contributed by atoms with van der Waals surface area (Å²) in [7, 11) is 0. The van der Waals surface area contributed by atoms with E-state index >= 15 is 0 Å². The summed E-state index contributed by atoms with van der Waals surface area (Å²) in [6, 6.07) is 7.33. The molecule has 14 heavy (non-hydrogen) atoms. The van der Waals surface area contributed by atoms with Gasteiger partial charge in [0.15, 0.2) is 5.78 Å². The van der Waals surface area contributed by atoms with Gasteiger partial charge in [0.2, 0.25) is 0 Å². The number of benzene rings is 1. The second-order valence-corrected chi connectivity index (χ2v) is 2.90. The van der Waals surface area contributed by atoms with Crippen molar-refractivity contribution < 1.29 is 9.53 Å². The number of carbonyl (C=O) groups excluding carboxylic acids is 1. The molecule has 0 bridgehead atoms. The number of rotatable bonds is 4. The number of hydrogen-bond acceptors (Lipinski definition) is 2. The van der Waals surface area contributed by atoms with Gasteiger partial charge in [-0.25, -0.2) is 0 Å². The van der Waals surface area contributed by atoms with Gasteiger partial charge in [0.25, 0.3) is 0 Å². The summed E-state index contributed by atoms with van der Waals surface area (Å²) in [5, 5.41) is 0. The van der Waals surface area contributed by atoms with Crippen LogP contribution in [-0.2, 0) is 0 Å². The van der Waals surface area contributed by atoms with E-state index in [0.717, 1.165) is 6.42 Å². The van der Waals surface area contributed by atoms with Crippen molar-refractivity contribution in [3.63, 3.8) is 0 Å². The third-order valence-electron chi connectivity index (χ3n) is 1.73. The Bertz CT molecular complexity index is 297. The second-order valence-electron chi connectivity index (χ2n) is 2.90. The molecule has 3 heteroatoms. The first-order valence-electron chi connectivity index (χ1n) is 4.48. The Labute approximate surface area is 96.8 Å². The van der Waals surface area contributed by atoms with Gasteiger partial charge in [-0.15, -0.1) is 0 Å². The number of hydrogen-bond donors (Lipinski definition) is 0. The molecule has 0 radical (unpaired) electrons. The van der Waals surface area contributed by atoms with Gasteiger partial charge in [-0.05, 0) is 25.5 Å². The predicted molar refractivity (Wildman–Crippen MR) is 59.4 cm³/mol. The van der Waals surface area contributed by atoms with Crippen LogP contribution in [-0.4, -0.2) is 31.3 Å². The van der Waals surface area contributed by atoms with Crippen LogP contribution in [0.2, 0.25) is 0 Å². The predicted octanol–water partition coefficient (Wildman–Crippen LogP) is 2.03. The molecule has 1 aromatic carbocycles. The Hall–Kier alpha value is -0.713. The van der Waals surface area contributed by atoms with Crippen molar-refractivity contribution in [1.29, 1.82) is 0 Å². The molecule has 0 amide bonds. The molecule has 0 aliphatic carbocycles. The summed E-state index contributed by atoms with van der Waals surface area (Å²) in [6.45, 7) is 4.24.